The second-order valence-corrected chi connectivity index (χ2v) is 7.74. The highest BCUT2D eigenvalue weighted by Crippen LogP contribution is 2.51. The van der Waals surface area contributed by atoms with Gasteiger partial charge in [0.1, 0.15) is 0 Å². The summed E-state index contributed by atoms with van der Waals surface area (Å²) in [4.78, 5) is 0. The molecule has 0 unspecified atom stereocenters. The van der Waals surface area contributed by atoms with E-state index in [1.165, 1.54) is 50.0 Å². The quantitative estimate of drug-likeness (QED) is 0.592. The molecule has 1 rings (SSSR count). The first-order valence-corrected chi connectivity index (χ1v) is 8.50. The van der Waals surface area contributed by atoms with Crippen molar-refractivity contribution in [1.29, 1.82) is 0 Å². The van der Waals surface area contributed by atoms with Crippen LogP contribution in [-0.2, 0) is 0 Å². The van der Waals surface area contributed by atoms with Crippen molar-refractivity contribution >= 4 is 23.5 Å². The lowest BCUT2D eigenvalue weighted by Crippen LogP contribution is -2.32. The van der Waals surface area contributed by atoms with E-state index in [1.54, 1.807) is 0 Å². The van der Waals surface area contributed by atoms with Crippen LogP contribution in [0.5, 0.6) is 0 Å². The zero-order chi connectivity index (χ0) is 11.1. The second kappa shape index (κ2) is 7.11. The fourth-order valence-electron chi connectivity index (χ4n) is 2.20. The third kappa shape index (κ3) is 3.89. The Morgan fingerprint density at radius 3 is 2.33 bits per heavy atom. The van der Waals surface area contributed by atoms with Crippen LogP contribution >= 0.6 is 23.5 Å². The molecule has 90 valence electrons. The zero-order valence-corrected chi connectivity index (χ0v) is 12.2. The summed E-state index contributed by atoms with van der Waals surface area (Å²) < 4.78 is 0.572. The molecule has 0 bridgehead atoms. The van der Waals surface area contributed by atoms with Gasteiger partial charge in [-0.2, -0.15) is 0 Å². The molecular weight excluding hydrogens is 220 g/mol. The molecular formula is C13H26S2. The van der Waals surface area contributed by atoms with Crippen LogP contribution in [0.2, 0.25) is 0 Å². The fraction of sp³-hybridized carbons (Fsp3) is 1.00. The average molecular weight is 246 g/mol. The molecule has 2 heteroatoms. The molecule has 0 radical (unpaired) electrons. The minimum absolute atomic E-state index is 0.572. The van der Waals surface area contributed by atoms with E-state index in [1.807, 2.05) is 0 Å². The van der Waals surface area contributed by atoms with Crippen molar-refractivity contribution in [3.05, 3.63) is 0 Å². The van der Waals surface area contributed by atoms with E-state index in [9.17, 15) is 0 Å². The molecule has 15 heavy (non-hydrogen) atoms. The van der Waals surface area contributed by atoms with Crippen LogP contribution in [0.15, 0.2) is 0 Å². The third-order valence-corrected chi connectivity index (χ3v) is 7.36. The summed E-state index contributed by atoms with van der Waals surface area (Å²) in [6.07, 6.45) is 8.39. The third-order valence-electron chi connectivity index (χ3n) is 3.47. The van der Waals surface area contributed by atoms with Crippen LogP contribution in [0, 0.1) is 5.92 Å². The van der Waals surface area contributed by atoms with Gasteiger partial charge in [0.15, 0.2) is 0 Å². The average Bonchev–Trinajstić information content (AvgIpc) is 2.29. The van der Waals surface area contributed by atoms with E-state index in [0.717, 1.165) is 5.92 Å². The molecule has 1 fully saturated rings. The first kappa shape index (κ1) is 13.8. The SMILES string of the molecule is CCCCCC1([C@@H](C)CC)SCCCS1. The predicted molar refractivity (Wildman–Crippen MR) is 75.9 cm³/mol. The normalized spacial score (nSPS) is 22.6. The maximum absolute atomic E-state index is 2.46. The minimum Gasteiger partial charge on any atom is -0.144 e. The van der Waals surface area contributed by atoms with Gasteiger partial charge in [-0.25, -0.2) is 0 Å². The van der Waals surface area contributed by atoms with E-state index < -0.39 is 0 Å². The summed E-state index contributed by atoms with van der Waals surface area (Å²) in [6.45, 7) is 7.11. The molecule has 0 spiro atoms. The lowest BCUT2D eigenvalue weighted by molar-refractivity contribution is 0.459. The summed E-state index contributed by atoms with van der Waals surface area (Å²) in [5.41, 5.74) is 0. The molecule has 0 aromatic carbocycles. The number of thioether (sulfide) groups is 2. The molecule has 1 aliphatic heterocycles. The van der Waals surface area contributed by atoms with E-state index in [-0.39, 0.29) is 0 Å². The number of hydrogen-bond donors (Lipinski definition) is 0. The monoisotopic (exact) mass is 246 g/mol. The van der Waals surface area contributed by atoms with E-state index in [4.69, 9.17) is 0 Å². The molecule has 0 aromatic heterocycles. The molecule has 0 saturated carbocycles. The Bertz CT molecular complexity index is 162. The van der Waals surface area contributed by atoms with Gasteiger partial charge in [-0.3, -0.25) is 0 Å². The van der Waals surface area contributed by atoms with Crippen LogP contribution in [-0.4, -0.2) is 15.6 Å². The van der Waals surface area contributed by atoms with E-state index in [2.05, 4.69) is 44.3 Å². The highest BCUT2D eigenvalue weighted by molar-refractivity contribution is 8.18. The first-order valence-electron chi connectivity index (χ1n) is 6.53. The van der Waals surface area contributed by atoms with Crippen molar-refractivity contribution in [2.45, 2.75) is 63.4 Å². The van der Waals surface area contributed by atoms with E-state index in [0.29, 0.717) is 4.08 Å². The minimum atomic E-state index is 0.572. The highest BCUT2D eigenvalue weighted by Gasteiger charge is 2.37. The number of unbranched alkanes of at least 4 members (excludes halogenated alkanes) is 2. The Kier molecular flexibility index (Phi) is 6.52. The summed E-state index contributed by atoms with van der Waals surface area (Å²) in [6, 6.07) is 0. The molecule has 0 amide bonds. The molecule has 1 atom stereocenters. The van der Waals surface area contributed by atoms with Gasteiger partial charge in [0.05, 0.1) is 4.08 Å². The topological polar surface area (TPSA) is 0 Å². The maximum atomic E-state index is 2.46. The molecule has 1 heterocycles. The number of hydrogen-bond acceptors (Lipinski definition) is 2. The zero-order valence-electron chi connectivity index (χ0n) is 10.6. The highest BCUT2D eigenvalue weighted by atomic mass is 32.2. The van der Waals surface area contributed by atoms with Crippen LogP contribution < -0.4 is 0 Å². The van der Waals surface area contributed by atoms with Crippen molar-refractivity contribution in [2.24, 2.45) is 5.92 Å². The lowest BCUT2D eigenvalue weighted by Gasteiger charge is -2.41. The Balaban J connectivity index is 2.50. The molecule has 1 aliphatic rings. The molecule has 0 N–H and O–H groups in total. The Labute approximate surface area is 104 Å². The van der Waals surface area contributed by atoms with Crippen molar-refractivity contribution in [3.63, 3.8) is 0 Å². The van der Waals surface area contributed by atoms with Crippen LogP contribution in [0.1, 0.15) is 59.3 Å². The Hall–Kier alpha value is 0.700. The molecule has 0 aliphatic carbocycles. The second-order valence-electron chi connectivity index (χ2n) is 4.63. The van der Waals surface area contributed by atoms with Gasteiger partial charge in [-0.05, 0) is 30.3 Å². The molecule has 0 nitrogen and oxygen atoms in total. The predicted octanol–water partition coefficient (Wildman–Crippen LogP) is 5.18. The fourth-order valence-corrected chi connectivity index (χ4v) is 5.96. The lowest BCUT2D eigenvalue weighted by atomic mass is 9.99. The summed E-state index contributed by atoms with van der Waals surface area (Å²) >= 11 is 4.51. The summed E-state index contributed by atoms with van der Waals surface area (Å²) in [5, 5.41) is 0. The van der Waals surface area contributed by atoms with Gasteiger partial charge in [-0.1, -0.05) is 46.5 Å². The Morgan fingerprint density at radius 1 is 1.13 bits per heavy atom. The van der Waals surface area contributed by atoms with Gasteiger partial charge in [0, 0.05) is 0 Å². The Morgan fingerprint density at radius 2 is 1.80 bits per heavy atom. The van der Waals surface area contributed by atoms with Crippen LogP contribution in [0.3, 0.4) is 0 Å². The summed E-state index contributed by atoms with van der Waals surface area (Å²) in [5.74, 6) is 3.66. The number of rotatable bonds is 6. The standard InChI is InChI=1S/C13H26S2/c1-4-6-7-9-13(12(3)5-2)14-10-8-11-15-13/h12H,4-11H2,1-3H3/t12-/m0/s1. The van der Waals surface area contributed by atoms with Gasteiger partial charge in [0.2, 0.25) is 0 Å². The van der Waals surface area contributed by atoms with Gasteiger partial charge >= 0.3 is 0 Å². The molecule has 0 aromatic rings. The smallest absolute Gasteiger partial charge is 0.0636 e. The van der Waals surface area contributed by atoms with Crippen molar-refractivity contribution in [1.82, 2.24) is 0 Å². The molecule has 1 saturated heterocycles. The van der Waals surface area contributed by atoms with E-state index >= 15 is 0 Å². The van der Waals surface area contributed by atoms with Crippen LogP contribution in [0.4, 0.5) is 0 Å². The first-order chi connectivity index (χ1) is 7.25. The van der Waals surface area contributed by atoms with Gasteiger partial charge < -0.3 is 0 Å². The van der Waals surface area contributed by atoms with Crippen molar-refractivity contribution in [3.8, 4) is 0 Å². The maximum Gasteiger partial charge on any atom is 0.0636 e. The van der Waals surface area contributed by atoms with Gasteiger partial charge in [-0.15, -0.1) is 23.5 Å². The van der Waals surface area contributed by atoms with Crippen molar-refractivity contribution in [2.75, 3.05) is 11.5 Å². The summed E-state index contributed by atoms with van der Waals surface area (Å²) in [7, 11) is 0. The van der Waals surface area contributed by atoms with Gasteiger partial charge in [0.25, 0.3) is 0 Å². The largest absolute Gasteiger partial charge is 0.144 e. The van der Waals surface area contributed by atoms with Crippen LogP contribution in [0.25, 0.3) is 0 Å². The van der Waals surface area contributed by atoms with Crippen molar-refractivity contribution < 1.29 is 0 Å².